The second kappa shape index (κ2) is 7.88. The molecule has 3 rings (SSSR count). The Morgan fingerprint density at radius 2 is 2.00 bits per heavy atom. The van der Waals surface area contributed by atoms with Crippen molar-refractivity contribution >= 4 is 11.5 Å². The first kappa shape index (κ1) is 16.4. The third-order valence-corrected chi connectivity index (χ3v) is 3.06. The fourth-order valence-electron chi connectivity index (χ4n) is 2.11. The SMILES string of the molecule is CC.CNN=C(N)c1cn2cnnc2c(Cc2ccccc2)n1. The number of hydrogen-bond donors (Lipinski definition) is 2. The Kier molecular flexibility index (Phi) is 5.62. The van der Waals surface area contributed by atoms with Crippen molar-refractivity contribution in [3.8, 4) is 0 Å². The summed E-state index contributed by atoms with van der Waals surface area (Å²) in [4.78, 5) is 4.57. The summed E-state index contributed by atoms with van der Waals surface area (Å²) < 4.78 is 1.80. The summed E-state index contributed by atoms with van der Waals surface area (Å²) in [5, 5.41) is 12.0. The number of nitrogens with one attached hydrogen (secondary N) is 1. The number of fused-ring (bicyclic) bond motifs is 1. The summed E-state index contributed by atoms with van der Waals surface area (Å²) in [5.74, 6) is 0.322. The van der Waals surface area contributed by atoms with E-state index in [9.17, 15) is 0 Å². The molecule has 0 unspecified atom stereocenters. The van der Waals surface area contributed by atoms with E-state index in [2.05, 4.69) is 25.7 Å². The van der Waals surface area contributed by atoms with Gasteiger partial charge in [0.15, 0.2) is 11.5 Å². The lowest BCUT2D eigenvalue weighted by Crippen LogP contribution is -2.20. The minimum Gasteiger partial charge on any atom is -0.380 e. The van der Waals surface area contributed by atoms with E-state index in [1.165, 1.54) is 0 Å². The van der Waals surface area contributed by atoms with Crippen LogP contribution in [0, 0.1) is 0 Å². The first-order valence-electron chi connectivity index (χ1n) is 7.51. The van der Waals surface area contributed by atoms with Gasteiger partial charge in [0.05, 0.1) is 5.69 Å². The Bertz CT molecular complexity index is 777. The number of nitrogens with two attached hydrogens (primary N) is 1. The highest BCUT2D eigenvalue weighted by molar-refractivity contribution is 5.95. The molecule has 3 aromatic rings. The maximum atomic E-state index is 5.90. The van der Waals surface area contributed by atoms with Gasteiger partial charge in [-0.05, 0) is 5.56 Å². The van der Waals surface area contributed by atoms with E-state index < -0.39 is 0 Å². The van der Waals surface area contributed by atoms with E-state index in [-0.39, 0.29) is 0 Å². The van der Waals surface area contributed by atoms with Crippen molar-refractivity contribution < 1.29 is 0 Å². The molecule has 1 aromatic carbocycles. The number of amidine groups is 1. The molecule has 2 aromatic heterocycles. The van der Waals surface area contributed by atoms with Crippen LogP contribution in [0.25, 0.3) is 5.65 Å². The predicted molar refractivity (Wildman–Crippen MR) is 91.2 cm³/mol. The highest BCUT2D eigenvalue weighted by Crippen LogP contribution is 2.12. The molecule has 0 aliphatic carbocycles. The Balaban J connectivity index is 0.000000924. The molecule has 0 amide bonds. The number of hydrogen-bond acceptors (Lipinski definition) is 5. The van der Waals surface area contributed by atoms with Gasteiger partial charge in [0, 0.05) is 19.7 Å². The fourth-order valence-corrected chi connectivity index (χ4v) is 2.11. The highest BCUT2D eigenvalue weighted by atomic mass is 15.3. The average molecular weight is 311 g/mol. The van der Waals surface area contributed by atoms with Gasteiger partial charge in [0.2, 0.25) is 0 Å². The van der Waals surface area contributed by atoms with Gasteiger partial charge in [-0.2, -0.15) is 5.10 Å². The molecule has 23 heavy (non-hydrogen) atoms. The summed E-state index contributed by atoms with van der Waals surface area (Å²) in [6, 6.07) is 10.1. The number of nitrogens with zero attached hydrogens (tertiary/aromatic N) is 5. The van der Waals surface area contributed by atoms with Crippen LogP contribution in [0.1, 0.15) is 30.8 Å². The third kappa shape index (κ3) is 3.82. The lowest BCUT2D eigenvalue weighted by atomic mass is 10.1. The van der Waals surface area contributed by atoms with Crippen LogP contribution < -0.4 is 11.2 Å². The molecule has 0 saturated carbocycles. The molecule has 0 radical (unpaired) electrons. The lowest BCUT2D eigenvalue weighted by molar-refractivity contribution is 0.892. The average Bonchev–Trinajstić information content (AvgIpc) is 3.07. The van der Waals surface area contributed by atoms with Crippen molar-refractivity contribution in [1.29, 1.82) is 0 Å². The molecule has 3 N–H and O–H groups in total. The fraction of sp³-hybridized carbons (Fsp3) is 0.250. The van der Waals surface area contributed by atoms with Crippen LogP contribution in [0.4, 0.5) is 0 Å². The molecule has 0 aliphatic rings. The minimum absolute atomic E-state index is 0.322. The van der Waals surface area contributed by atoms with E-state index in [0.717, 1.165) is 16.9 Å². The molecule has 0 saturated heterocycles. The second-order valence-electron chi connectivity index (χ2n) is 4.52. The molecule has 0 bridgehead atoms. The van der Waals surface area contributed by atoms with E-state index in [4.69, 9.17) is 5.73 Å². The molecule has 0 fully saturated rings. The molecule has 0 aliphatic heterocycles. The van der Waals surface area contributed by atoms with E-state index in [1.54, 1.807) is 24.0 Å². The zero-order valence-electron chi connectivity index (χ0n) is 13.6. The smallest absolute Gasteiger partial charge is 0.182 e. The predicted octanol–water partition coefficient (Wildman–Crippen LogP) is 1.58. The standard InChI is InChI=1S/C14H15N7.C2H6/c1-16-19-13(15)12-8-21-9-17-20-14(21)11(18-12)7-10-5-3-2-4-6-10;1-2/h2-6,8-9,16H,7H2,1H3,(H2,15,19);1-2H3. The topological polar surface area (TPSA) is 93.5 Å². The molecule has 120 valence electrons. The van der Waals surface area contributed by atoms with Gasteiger partial charge in [0.25, 0.3) is 0 Å². The summed E-state index contributed by atoms with van der Waals surface area (Å²) in [5.41, 5.74) is 11.8. The Morgan fingerprint density at radius 3 is 2.70 bits per heavy atom. The van der Waals surface area contributed by atoms with Crippen LogP contribution in [0.2, 0.25) is 0 Å². The van der Waals surface area contributed by atoms with Crippen LogP contribution in [0.3, 0.4) is 0 Å². The summed E-state index contributed by atoms with van der Waals surface area (Å²) >= 11 is 0. The second-order valence-corrected chi connectivity index (χ2v) is 4.52. The lowest BCUT2D eigenvalue weighted by Gasteiger charge is -2.06. The van der Waals surface area contributed by atoms with Crippen molar-refractivity contribution in [3.63, 3.8) is 0 Å². The van der Waals surface area contributed by atoms with Crippen molar-refractivity contribution in [2.45, 2.75) is 20.3 Å². The van der Waals surface area contributed by atoms with Gasteiger partial charge in [-0.15, -0.1) is 10.2 Å². The van der Waals surface area contributed by atoms with Gasteiger partial charge in [0.1, 0.15) is 12.0 Å². The first-order valence-corrected chi connectivity index (χ1v) is 7.51. The van der Waals surface area contributed by atoms with E-state index in [0.29, 0.717) is 18.0 Å². The van der Waals surface area contributed by atoms with Gasteiger partial charge in [-0.3, -0.25) is 4.40 Å². The van der Waals surface area contributed by atoms with Crippen LogP contribution in [-0.2, 0) is 6.42 Å². The highest BCUT2D eigenvalue weighted by Gasteiger charge is 2.11. The van der Waals surface area contributed by atoms with Gasteiger partial charge < -0.3 is 11.2 Å². The largest absolute Gasteiger partial charge is 0.380 e. The van der Waals surface area contributed by atoms with Gasteiger partial charge in [-0.25, -0.2) is 4.98 Å². The van der Waals surface area contributed by atoms with Crippen molar-refractivity contribution in [1.82, 2.24) is 25.0 Å². The summed E-state index contributed by atoms with van der Waals surface area (Å²) in [6.07, 6.45) is 4.05. The summed E-state index contributed by atoms with van der Waals surface area (Å²) in [6.45, 7) is 4.00. The van der Waals surface area contributed by atoms with Crippen LogP contribution in [-0.4, -0.2) is 32.5 Å². The molecular formula is C16H21N7. The molecule has 7 nitrogen and oxygen atoms in total. The molecule has 0 atom stereocenters. The number of hydrazone groups is 1. The zero-order valence-corrected chi connectivity index (χ0v) is 13.6. The quantitative estimate of drug-likeness (QED) is 0.433. The van der Waals surface area contributed by atoms with Gasteiger partial charge >= 0.3 is 0 Å². The van der Waals surface area contributed by atoms with Crippen LogP contribution in [0.15, 0.2) is 48.0 Å². The zero-order chi connectivity index (χ0) is 16.7. The summed E-state index contributed by atoms with van der Waals surface area (Å²) in [7, 11) is 1.69. The maximum Gasteiger partial charge on any atom is 0.182 e. The third-order valence-electron chi connectivity index (χ3n) is 3.06. The normalized spacial score (nSPS) is 11.0. The molecule has 0 spiro atoms. The first-order chi connectivity index (χ1) is 11.3. The van der Waals surface area contributed by atoms with Crippen molar-refractivity contribution in [2.24, 2.45) is 10.8 Å². The molecule has 2 heterocycles. The number of rotatable bonds is 4. The van der Waals surface area contributed by atoms with Gasteiger partial charge in [-0.1, -0.05) is 44.2 Å². The number of aromatic nitrogens is 4. The maximum absolute atomic E-state index is 5.90. The number of benzene rings is 1. The van der Waals surface area contributed by atoms with Crippen molar-refractivity contribution in [3.05, 3.63) is 59.8 Å². The molecular weight excluding hydrogens is 290 g/mol. The Morgan fingerprint density at radius 1 is 1.26 bits per heavy atom. The minimum atomic E-state index is 0.322. The Hall–Kier alpha value is -2.96. The van der Waals surface area contributed by atoms with E-state index in [1.807, 2.05) is 44.2 Å². The Labute approximate surface area is 135 Å². The van der Waals surface area contributed by atoms with E-state index >= 15 is 0 Å². The van der Waals surface area contributed by atoms with Crippen LogP contribution in [0.5, 0.6) is 0 Å². The molecule has 7 heteroatoms. The van der Waals surface area contributed by atoms with Crippen molar-refractivity contribution in [2.75, 3.05) is 7.05 Å². The monoisotopic (exact) mass is 311 g/mol. The van der Waals surface area contributed by atoms with Crippen LogP contribution >= 0.6 is 0 Å².